The number of carbonyl (C=O) groups excluding carboxylic acids is 1. The van der Waals surface area contributed by atoms with Crippen molar-refractivity contribution in [1.29, 1.82) is 0 Å². The molecule has 0 aliphatic heterocycles. The van der Waals surface area contributed by atoms with E-state index in [1.54, 1.807) is 6.07 Å². The van der Waals surface area contributed by atoms with Gasteiger partial charge in [-0.3, -0.25) is 9.59 Å². The number of aromatic amines is 1. The molecule has 0 atom stereocenters. The number of nitrogens with two attached hydrogens (primary N) is 1. The van der Waals surface area contributed by atoms with Gasteiger partial charge in [-0.05, 0) is 25.5 Å². The van der Waals surface area contributed by atoms with Gasteiger partial charge in [0.05, 0.1) is 5.69 Å². The van der Waals surface area contributed by atoms with Gasteiger partial charge in [0.1, 0.15) is 5.82 Å². The highest BCUT2D eigenvalue weighted by atomic mass is 16.1. The molecule has 0 saturated heterocycles. The van der Waals surface area contributed by atoms with Crippen molar-refractivity contribution in [2.24, 2.45) is 5.73 Å². The first-order chi connectivity index (χ1) is 8.97. The van der Waals surface area contributed by atoms with Gasteiger partial charge in [0, 0.05) is 11.8 Å². The quantitative estimate of drug-likeness (QED) is 0.747. The van der Waals surface area contributed by atoms with E-state index >= 15 is 0 Å². The van der Waals surface area contributed by atoms with Gasteiger partial charge < -0.3 is 11.1 Å². The van der Waals surface area contributed by atoms with Crippen LogP contribution < -0.4 is 16.6 Å². The Morgan fingerprint density at radius 3 is 2.74 bits per heavy atom. The summed E-state index contributed by atoms with van der Waals surface area (Å²) in [7, 11) is 0. The fourth-order valence-electron chi connectivity index (χ4n) is 1.52. The molecule has 2 aromatic rings. The minimum atomic E-state index is -0.734. The Labute approximate surface area is 108 Å². The number of nitrogens with one attached hydrogen (secondary N) is 2. The molecule has 0 saturated carbocycles. The Morgan fingerprint density at radius 1 is 1.37 bits per heavy atom. The van der Waals surface area contributed by atoms with Crippen LogP contribution in [0.4, 0.5) is 11.5 Å². The normalized spacial score (nSPS) is 10.2. The summed E-state index contributed by atoms with van der Waals surface area (Å²) in [5, 5.41) is 8.64. The lowest BCUT2D eigenvalue weighted by atomic mass is 10.2. The molecule has 0 aliphatic carbocycles. The average molecular weight is 259 g/mol. The number of primary amides is 1. The van der Waals surface area contributed by atoms with Gasteiger partial charge in [0.2, 0.25) is 0 Å². The zero-order chi connectivity index (χ0) is 14.0. The van der Waals surface area contributed by atoms with E-state index in [-0.39, 0.29) is 11.4 Å². The van der Waals surface area contributed by atoms with E-state index in [4.69, 9.17) is 5.73 Å². The van der Waals surface area contributed by atoms with Crippen molar-refractivity contribution in [1.82, 2.24) is 15.2 Å². The first-order valence-electron chi connectivity index (χ1n) is 5.58. The number of aryl methyl sites for hydroxylation is 2. The van der Waals surface area contributed by atoms with Crippen LogP contribution in [0.5, 0.6) is 0 Å². The van der Waals surface area contributed by atoms with Crippen molar-refractivity contribution in [3.8, 4) is 0 Å². The Morgan fingerprint density at radius 2 is 2.11 bits per heavy atom. The van der Waals surface area contributed by atoms with Gasteiger partial charge in [-0.1, -0.05) is 6.07 Å². The second-order valence-corrected chi connectivity index (χ2v) is 4.08. The molecule has 2 rings (SSSR count). The van der Waals surface area contributed by atoms with Crippen LogP contribution in [0.1, 0.15) is 21.7 Å². The molecule has 19 heavy (non-hydrogen) atoms. The summed E-state index contributed by atoms with van der Waals surface area (Å²) in [6.07, 6.45) is 0. The highest BCUT2D eigenvalue weighted by Gasteiger charge is 2.11. The lowest BCUT2D eigenvalue weighted by Gasteiger charge is -2.09. The van der Waals surface area contributed by atoms with Gasteiger partial charge >= 0.3 is 0 Å². The molecule has 4 N–H and O–H groups in total. The van der Waals surface area contributed by atoms with Crippen LogP contribution in [0.3, 0.4) is 0 Å². The minimum Gasteiger partial charge on any atom is -0.364 e. The van der Waals surface area contributed by atoms with Crippen LogP contribution in [0.25, 0.3) is 0 Å². The molecular weight excluding hydrogens is 246 g/mol. The average Bonchev–Trinajstić information content (AvgIpc) is 2.33. The van der Waals surface area contributed by atoms with Gasteiger partial charge in [-0.2, -0.15) is 5.10 Å². The summed E-state index contributed by atoms with van der Waals surface area (Å²) >= 11 is 0. The van der Waals surface area contributed by atoms with E-state index in [9.17, 15) is 9.59 Å². The number of carbonyl (C=O) groups is 1. The van der Waals surface area contributed by atoms with Gasteiger partial charge in [0.15, 0.2) is 5.69 Å². The van der Waals surface area contributed by atoms with E-state index < -0.39 is 11.5 Å². The Bertz CT molecular complexity index is 693. The summed E-state index contributed by atoms with van der Waals surface area (Å²) in [4.78, 5) is 26.8. The van der Waals surface area contributed by atoms with Crippen LogP contribution in [-0.2, 0) is 0 Å². The van der Waals surface area contributed by atoms with Crippen LogP contribution in [0, 0.1) is 13.8 Å². The van der Waals surface area contributed by atoms with Crippen LogP contribution >= 0.6 is 0 Å². The number of hydrogen-bond acceptors (Lipinski definition) is 5. The maximum Gasteiger partial charge on any atom is 0.271 e. The second kappa shape index (κ2) is 4.89. The van der Waals surface area contributed by atoms with Crippen LogP contribution in [0.2, 0.25) is 0 Å². The number of nitrogens with zero attached hydrogens (tertiary/aromatic N) is 2. The zero-order valence-electron chi connectivity index (χ0n) is 10.5. The van der Waals surface area contributed by atoms with Crippen molar-refractivity contribution in [2.45, 2.75) is 13.8 Å². The fourth-order valence-corrected chi connectivity index (χ4v) is 1.52. The Kier molecular flexibility index (Phi) is 3.28. The molecule has 0 spiro atoms. The van der Waals surface area contributed by atoms with Crippen molar-refractivity contribution >= 4 is 17.4 Å². The van der Waals surface area contributed by atoms with E-state index in [0.29, 0.717) is 5.82 Å². The van der Waals surface area contributed by atoms with E-state index in [2.05, 4.69) is 20.5 Å². The smallest absolute Gasteiger partial charge is 0.271 e. The molecule has 0 unspecified atom stereocenters. The summed E-state index contributed by atoms with van der Waals surface area (Å²) in [6.45, 7) is 3.81. The standard InChI is InChI=1S/C12H13N5O2/c1-6-3-4-9(14-7(6)2)15-8-5-10(18)16-17-11(8)12(13)19/h3-5H,1-2H3,(H2,13,19)(H2,14,15,16,18). The number of anilines is 2. The summed E-state index contributed by atoms with van der Waals surface area (Å²) in [6, 6.07) is 4.84. The van der Waals surface area contributed by atoms with Crippen LogP contribution in [-0.4, -0.2) is 21.1 Å². The van der Waals surface area contributed by atoms with Crippen LogP contribution in [0.15, 0.2) is 23.0 Å². The summed E-state index contributed by atoms with van der Waals surface area (Å²) in [5.41, 5.74) is 6.84. The second-order valence-electron chi connectivity index (χ2n) is 4.08. The predicted molar refractivity (Wildman–Crippen MR) is 70.4 cm³/mol. The third kappa shape index (κ3) is 2.76. The summed E-state index contributed by atoms with van der Waals surface area (Å²) < 4.78 is 0. The van der Waals surface area contributed by atoms with Crippen molar-refractivity contribution in [3.63, 3.8) is 0 Å². The molecule has 0 fully saturated rings. The Balaban J connectivity index is 2.42. The predicted octanol–water partition coefficient (Wildman–Crippen LogP) is 0.624. The topological polar surface area (TPSA) is 114 Å². The minimum absolute atomic E-state index is 0.0420. The maximum absolute atomic E-state index is 11.2. The Hall–Kier alpha value is -2.70. The molecule has 7 nitrogen and oxygen atoms in total. The monoisotopic (exact) mass is 259 g/mol. The van der Waals surface area contributed by atoms with Gasteiger partial charge in [-0.15, -0.1) is 0 Å². The molecule has 0 radical (unpaired) electrons. The molecule has 0 aromatic carbocycles. The van der Waals surface area contributed by atoms with E-state index in [0.717, 1.165) is 11.3 Å². The first-order valence-corrected chi connectivity index (χ1v) is 5.58. The third-order valence-corrected chi connectivity index (χ3v) is 2.65. The molecule has 0 aliphatic rings. The first kappa shape index (κ1) is 12.7. The van der Waals surface area contributed by atoms with Crippen molar-refractivity contribution in [2.75, 3.05) is 5.32 Å². The third-order valence-electron chi connectivity index (χ3n) is 2.65. The highest BCUT2D eigenvalue weighted by Crippen LogP contribution is 2.17. The SMILES string of the molecule is Cc1ccc(Nc2cc(=O)[nH]nc2C(N)=O)nc1C. The maximum atomic E-state index is 11.2. The number of aromatic nitrogens is 3. The molecule has 7 heteroatoms. The van der Waals surface area contributed by atoms with Crippen molar-refractivity contribution in [3.05, 3.63) is 45.5 Å². The number of H-pyrrole nitrogens is 1. The zero-order valence-corrected chi connectivity index (χ0v) is 10.5. The molecule has 0 bridgehead atoms. The lowest BCUT2D eigenvalue weighted by Crippen LogP contribution is -2.20. The molecular formula is C12H13N5O2. The molecule has 98 valence electrons. The highest BCUT2D eigenvalue weighted by molar-refractivity contribution is 5.96. The summed E-state index contributed by atoms with van der Waals surface area (Å²) in [5.74, 6) is -0.222. The number of rotatable bonds is 3. The molecule has 2 heterocycles. The van der Waals surface area contributed by atoms with E-state index in [1.807, 2.05) is 19.9 Å². The number of amides is 1. The largest absolute Gasteiger partial charge is 0.364 e. The van der Waals surface area contributed by atoms with Gasteiger partial charge in [0.25, 0.3) is 11.5 Å². The molecule has 1 amide bonds. The van der Waals surface area contributed by atoms with E-state index in [1.165, 1.54) is 6.07 Å². The fraction of sp³-hybridized carbons (Fsp3) is 0.167. The van der Waals surface area contributed by atoms with Crippen molar-refractivity contribution < 1.29 is 4.79 Å². The number of hydrogen-bond donors (Lipinski definition) is 3. The number of pyridine rings is 1. The lowest BCUT2D eigenvalue weighted by molar-refractivity contribution is 0.0995. The molecule has 2 aromatic heterocycles. The van der Waals surface area contributed by atoms with Gasteiger partial charge in [-0.25, -0.2) is 10.1 Å².